The van der Waals surface area contributed by atoms with Crippen molar-refractivity contribution in [3.63, 3.8) is 0 Å². The quantitative estimate of drug-likeness (QED) is 0.781. The van der Waals surface area contributed by atoms with Crippen molar-refractivity contribution in [3.05, 3.63) is 24.3 Å². The summed E-state index contributed by atoms with van der Waals surface area (Å²) in [7, 11) is 0. The molecule has 2 rings (SSSR count). The molecule has 1 N–H and O–H groups in total. The lowest BCUT2D eigenvalue weighted by Gasteiger charge is -2.16. The second-order valence-corrected chi connectivity index (χ2v) is 5.86. The lowest BCUT2D eigenvalue weighted by Crippen LogP contribution is -2.37. The fourth-order valence-corrected chi connectivity index (χ4v) is 2.69. The summed E-state index contributed by atoms with van der Waals surface area (Å²) in [4.78, 5) is 11.9. The maximum Gasteiger partial charge on any atom is 0.258 e. The third-order valence-corrected chi connectivity index (χ3v) is 3.89. The standard InChI is InChI=1S/C18H27NO3/c1-2-13-21-16-9-11-17(12-10-16)22-14-18(20)19-15-7-5-3-4-6-8-15/h9-12,15H,2-8,13-14H2,1H3,(H,19,20). The van der Waals surface area contributed by atoms with E-state index in [2.05, 4.69) is 12.2 Å². The summed E-state index contributed by atoms with van der Waals surface area (Å²) >= 11 is 0. The van der Waals surface area contributed by atoms with Gasteiger partial charge in [0.2, 0.25) is 0 Å². The Morgan fingerprint density at radius 1 is 1.05 bits per heavy atom. The van der Waals surface area contributed by atoms with E-state index in [4.69, 9.17) is 9.47 Å². The lowest BCUT2D eigenvalue weighted by molar-refractivity contribution is -0.123. The fourth-order valence-electron chi connectivity index (χ4n) is 2.69. The van der Waals surface area contributed by atoms with Crippen LogP contribution in [-0.4, -0.2) is 25.2 Å². The molecule has 4 nitrogen and oxygen atoms in total. The zero-order valence-corrected chi connectivity index (χ0v) is 13.5. The summed E-state index contributed by atoms with van der Waals surface area (Å²) in [6.07, 6.45) is 8.17. The average molecular weight is 305 g/mol. The van der Waals surface area contributed by atoms with Crippen LogP contribution in [0.5, 0.6) is 11.5 Å². The van der Waals surface area contributed by atoms with E-state index in [0.29, 0.717) is 18.4 Å². The lowest BCUT2D eigenvalue weighted by atomic mass is 10.1. The van der Waals surface area contributed by atoms with Gasteiger partial charge >= 0.3 is 0 Å². The second kappa shape index (κ2) is 9.34. The Kier molecular flexibility index (Phi) is 7.07. The first-order valence-corrected chi connectivity index (χ1v) is 8.43. The van der Waals surface area contributed by atoms with Crippen LogP contribution in [0.25, 0.3) is 0 Å². The van der Waals surface area contributed by atoms with Crippen LogP contribution in [0, 0.1) is 0 Å². The van der Waals surface area contributed by atoms with Crippen LogP contribution in [0.2, 0.25) is 0 Å². The van der Waals surface area contributed by atoms with Gasteiger partial charge in [0, 0.05) is 6.04 Å². The minimum absolute atomic E-state index is 0.0294. The van der Waals surface area contributed by atoms with Gasteiger partial charge in [0.25, 0.3) is 5.91 Å². The highest BCUT2D eigenvalue weighted by molar-refractivity contribution is 5.77. The summed E-state index contributed by atoms with van der Waals surface area (Å²) in [6, 6.07) is 7.74. The van der Waals surface area contributed by atoms with Crippen molar-refractivity contribution in [2.45, 2.75) is 57.9 Å². The Morgan fingerprint density at radius 3 is 2.23 bits per heavy atom. The third-order valence-electron chi connectivity index (χ3n) is 3.89. The topological polar surface area (TPSA) is 47.6 Å². The van der Waals surface area contributed by atoms with E-state index in [1.807, 2.05) is 24.3 Å². The predicted octanol–water partition coefficient (Wildman–Crippen LogP) is 3.69. The molecule has 0 saturated heterocycles. The van der Waals surface area contributed by atoms with Crippen molar-refractivity contribution < 1.29 is 14.3 Å². The smallest absolute Gasteiger partial charge is 0.258 e. The first kappa shape index (κ1) is 16.7. The molecule has 0 aromatic heterocycles. The molecule has 0 spiro atoms. The Labute approximate surface area is 133 Å². The van der Waals surface area contributed by atoms with E-state index in [9.17, 15) is 4.79 Å². The SMILES string of the molecule is CCCOc1ccc(OCC(=O)NC2CCCCCC2)cc1. The van der Waals surface area contributed by atoms with Crippen LogP contribution in [0.1, 0.15) is 51.9 Å². The van der Waals surface area contributed by atoms with E-state index >= 15 is 0 Å². The number of hydrogen-bond acceptors (Lipinski definition) is 3. The number of nitrogens with one attached hydrogen (secondary N) is 1. The molecule has 122 valence electrons. The number of amides is 1. The molecule has 1 aromatic rings. The van der Waals surface area contributed by atoms with E-state index in [0.717, 1.165) is 25.0 Å². The van der Waals surface area contributed by atoms with Gasteiger partial charge in [0.15, 0.2) is 6.61 Å². The Bertz CT molecular complexity index is 436. The van der Waals surface area contributed by atoms with Gasteiger partial charge in [-0.3, -0.25) is 4.79 Å². The maximum atomic E-state index is 11.9. The van der Waals surface area contributed by atoms with Crippen molar-refractivity contribution in [2.75, 3.05) is 13.2 Å². The van der Waals surface area contributed by atoms with Gasteiger partial charge in [-0.1, -0.05) is 32.6 Å². The van der Waals surface area contributed by atoms with Crippen molar-refractivity contribution in [1.82, 2.24) is 5.32 Å². The molecular weight excluding hydrogens is 278 g/mol. The molecule has 1 fully saturated rings. The number of rotatable bonds is 7. The molecule has 4 heteroatoms. The zero-order chi connectivity index (χ0) is 15.6. The molecule has 0 bridgehead atoms. The Hall–Kier alpha value is -1.71. The first-order chi connectivity index (χ1) is 10.8. The molecule has 1 amide bonds. The average Bonchev–Trinajstić information content (AvgIpc) is 2.80. The monoisotopic (exact) mass is 305 g/mol. The van der Waals surface area contributed by atoms with Crippen molar-refractivity contribution >= 4 is 5.91 Å². The van der Waals surface area contributed by atoms with Gasteiger partial charge in [-0.15, -0.1) is 0 Å². The maximum absolute atomic E-state index is 11.9. The van der Waals surface area contributed by atoms with Gasteiger partial charge < -0.3 is 14.8 Å². The van der Waals surface area contributed by atoms with Crippen molar-refractivity contribution in [1.29, 1.82) is 0 Å². The molecule has 0 heterocycles. The highest BCUT2D eigenvalue weighted by atomic mass is 16.5. The van der Waals surface area contributed by atoms with E-state index in [-0.39, 0.29) is 12.5 Å². The summed E-state index contributed by atoms with van der Waals surface area (Å²) in [6.45, 7) is 2.86. The molecule has 1 aromatic carbocycles. The molecular formula is C18H27NO3. The molecule has 1 aliphatic carbocycles. The van der Waals surface area contributed by atoms with Crippen molar-refractivity contribution in [3.8, 4) is 11.5 Å². The van der Waals surface area contributed by atoms with Crippen LogP contribution in [-0.2, 0) is 4.79 Å². The summed E-state index contributed by atoms with van der Waals surface area (Å²) in [5.74, 6) is 1.50. The van der Waals surface area contributed by atoms with E-state index in [1.54, 1.807) is 0 Å². The Balaban J connectivity index is 1.71. The van der Waals surface area contributed by atoms with Crippen LogP contribution in [0.3, 0.4) is 0 Å². The number of carbonyl (C=O) groups is 1. The molecule has 0 aliphatic heterocycles. The van der Waals surface area contributed by atoms with Gasteiger partial charge in [0.1, 0.15) is 11.5 Å². The normalized spacial score (nSPS) is 15.9. The van der Waals surface area contributed by atoms with E-state index in [1.165, 1.54) is 25.7 Å². The highest BCUT2D eigenvalue weighted by Crippen LogP contribution is 2.18. The van der Waals surface area contributed by atoms with E-state index < -0.39 is 0 Å². The van der Waals surface area contributed by atoms with Crippen molar-refractivity contribution in [2.24, 2.45) is 0 Å². The van der Waals surface area contributed by atoms with Gasteiger partial charge in [-0.05, 0) is 43.5 Å². The zero-order valence-electron chi connectivity index (χ0n) is 13.5. The summed E-state index contributed by atoms with van der Waals surface area (Å²) in [5.41, 5.74) is 0. The number of carbonyl (C=O) groups excluding carboxylic acids is 1. The fraction of sp³-hybridized carbons (Fsp3) is 0.611. The van der Waals surface area contributed by atoms with Crippen LogP contribution >= 0.6 is 0 Å². The highest BCUT2D eigenvalue weighted by Gasteiger charge is 2.14. The summed E-state index contributed by atoms with van der Waals surface area (Å²) < 4.78 is 11.0. The predicted molar refractivity (Wildman–Crippen MR) is 87.4 cm³/mol. The molecule has 0 atom stereocenters. The number of benzene rings is 1. The third kappa shape index (κ3) is 5.96. The van der Waals surface area contributed by atoms with Gasteiger partial charge in [-0.25, -0.2) is 0 Å². The van der Waals surface area contributed by atoms with Crippen LogP contribution in [0.15, 0.2) is 24.3 Å². The van der Waals surface area contributed by atoms with Gasteiger partial charge in [-0.2, -0.15) is 0 Å². The largest absolute Gasteiger partial charge is 0.494 e. The molecule has 1 saturated carbocycles. The second-order valence-electron chi connectivity index (χ2n) is 5.86. The number of ether oxygens (including phenoxy) is 2. The molecule has 0 unspecified atom stereocenters. The van der Waals surface area contributed by atoms with Gasteiger partial charge in [0.05, 0.1) is 6.61 Å². The minimum atomic E-state index is -0.0294. The molecule has 1 aliphatic rings. The summed E-state index contributed by atoms with van der Waals surface area (Å²) in [5, 5.41) is 3.08. The first-order valence-electron chi connectivity index (χ1n) is 8.43. The Morgan fingerprint density at radius 2 is 1.64 bits per heavy atom. The molecule has 0 radical (unpaired) electrons. The van der Waals surface area contributed by atoms with Crippen LogP contribution < -0.4 is 14.8 Å². The molecule has 22 heavy (non-hydrogen) atoms. The van der Waals surface area contributed by atoms with Crippen LogP contribution in [0.4, 0.5) is 0 Å². The number of hydrogen-bond donors (Lipinski definition) is 1. The minimum Gasteiger partial charge on any atom is -0.494 e.